The Bertz CT molecular complexity index is 3170. The summed E-state index contributed by atoms with van der Waals surface area (Å²) in [4.78, 5) is 8.63. The van der Waals surface area contributed by atoms with Crippen LogP contribution in [0.25, 0.3) is 77.1 Å². The predicted octanol–water partition coefficient (Wildman–Crippen LogP) is 13.6. The van der Waals surface area contributed by atoms with Gasteiger partial charge in [0.05, 0.1) is 16.4 Å². The minimum atomic E-state index is -0.844. The molecule has 0 atom stereocenters. The van der Waals surface area contributed by atoms with Gasteiger partial charge in [-0.05, 0) is 115 Å². The minimum Gasteiger partial charge on any atom is -0.247 e. The van der Waals surface area contributed by atoms with Gasteiger partial charge in [0.2, 0.25) is 11.9 Å². The fourth-order valence-electron chi connectivity index (χ4n) is 9.18. The third-order valence-electron chi connectivity index (χ3n) is 11.7. The molecule has 2 nitrogen and oxygen atoms in total. The Kier molecular flexibility index (Phi) is 7.48. The molecule has 1 aliphatic carbocycles. The molecule has 0 amide bonds. The Balaban J connectivity index is 1.12. The fourth-order valence-corrected chi connectivity index (χ4v) is 9.18. The molecule has 268 valence electrons. The molecule has 4 heteroatoms. The SMILES string of the molecule is Fc1ccc(-c2ccc3c(c2)C(c2ccccc2)(c2ccccc2)c2cc(-c4cccc(-c5cc6cc7ccccc7nc6c6ccccc56)c4)ccc2-3)c(F)n1. The maximum Gasteiger partial charge on any atom is 0.223 e. The van der Waals surface area contributed by atoms with Crippen LogP contribution < -0.4 is 0 Å². The summed E-state index contributed by atoms with van der Waals surface area (Å²) in [5, 5.41) is 4.51. The van der Waals surface area contributed by atoms with E-state index in [4.69, 9.17) is 4.98 Å². The van der Waals surface area contributed by atoms with Crippen LogP contribution in [0.5, 0.6) is 0 Å². The quantitative estimate of drug-likeness (QED) is 0.0999. The van der Waals surface area contributed by atoms with E-state index in [1.807, 2.05) is 24.3 Å². The van der Waals surface area contributed by atoms with E-state index < -0.39 is 17.3 Å². The standard InChI is InChI=1S/C53H32F2N2/c54-50-27-26-41(52(55)57-50)36-23-25-44-43-24-22-34(31-47(43)53(48(44)32-36,39-15-3-1-4-16-39)40-17-5-2-6-18-40)33-13-11-14-35(28-33)46-30-38-29-37-12-7-10-21-49(37)56-51(38)45-20-9-8-19-42(45)46/h1-32H. The van der Waals surface area contributed by atoms with Gasteiger partial charge in [0.15, 0.2) is 0 Å². The molecule has 0 saturated heterocycles. The summed E-state index contributed by atoms with van der Waals surface area (Å²) in [5.41, 5.74) is 13.2. The molecule has 2 aromatic heterocycles. The first-order chi connectivity index (χ1) is 28.1. The summed E-state index contributed by atoms with van der Waals surface area (Å²) in [6.07, 6.45) is 0. The lowest BCUT2D eigenvalue weighted by molar-refractivity contribution is 0.515. The average Bonchev–Trinajstić information content (AvgIpc) is 3.56. The van der Waals surface area contributed by atoms with Crippen molar-refractivity contribution in [2.45, 2.75) is 5.41 Å². The lowest BCUT2D eigenvalue weighted by Gasteiger charge is -2.34. The van der Waals surface area contributed by atoms with Crippen LogP contribution in [0.2, 0.25) is 0 Å². The van der Waals surface area contributed by atoms with Gasteiger partial charge in [0.25, 0.3) is 0 Å². The monoisotopic (exact) mass is 734 g/mol. The number of aromatic nitrogens is 2. The van der Waals surface area contributed by atoms with Crippen LogP contribution in [-0.2, 0) is 5.41 Å². The first kappa shape index (κ1) is 33.1. The highest BCUT2D eigenvalue weighted by Crippen LogP contribution is 2.57. The van der Waals surface area contributed by atoms with Crippen molar-refractivity contribution < 1.29 is 8.78 Å². The molecule has 0 spiro atoms. The molecule has 57 heavy (non-hydrogen) atoms. The number of para-hydroxylation sites is 1. The van der Waals surface area contributed by atoms with Gasteiger partial charge in [-0.25, -0.2) is 4.98 Å². The smallest absolute Gasteiger partial charge is 0.223 e. The van der Waals surface area contributed by atoms with Gasteiger partial charge < -0.3 is 0 Å². The number of benzene rings is 8. The van der Waals surface area contributed by atoms with Crippen molar-refractivity contribution in [2.75, 3.05) is 0 Å². The summed E-state index contributed by atoms with van der Waals surface area (Å²) >= 11 is 0. The second-order valence-corrected chi connectivity index (χ2v) is 14.8. The number of hydrogen-bond acceptors (Lipinski definition) is 2. The Labute approximate surface area is 328 Å². The zero-order valence-electron chi connectivity index (χ0n) is 30.6. The molecular formula is C53H32F2N2. The summed E-state index contributed by atoms with van der Waals surface area (Å²) in [6, 6.07) is 66.7. The maximum absolute atomic E-state index is 15.3. The summed E-state index contributed by atoms with van der Waals surface area (Å²) in [5.74, 6) is -1.68. The Morgan fingerprint density at radius 1 is 0.368 bits per heavy atom. The van der Waals surface area contributed by atoms with Gasteiger partial charge in [-0.2, -0.15) is 13.8 Å². The zero-order chi connectivity index (χ0) is 38.1. The van der Waals surface area contributed by atoms with Gasteiger partial charge in [-0.3, -0.25) is 0 Å². The molecule has 0 bridgehead atoms. The van der Waals surface area contributed by atoms with Crippen LogP contribution in [0.4, 0.5) is 8.78 Å². The van der Waals surface area contributed by atoms with Crippen molar-refractivity contribution in [2.24, 2.45) is 0 Å². The third kappa shape index (κ3) is 5.14. The lowest BCUT2D eigenvalue weighted by Crippen LogP contribution is -2.28. The van der Waals surface area contributed by atoms with Crippen LogP contribution in [0, 0.1) is 11.9 Å². The molecule has 0 N–H and O–H groups in total. The van der Waals surface area contributed by atoms with Crippen molar-refractivity contribution >= 4 is 32.6 Å². The lowest BCUT2D eigenvalue weighted by atomic mass is 9.67. The third-order valence-corrected chi connectivity index (χ3v) is 11.7. The second-order valence-electron chi connectivity index (χ2n) is 14.8. The summed E-state index contributed by atoms with van der Waals surface area (Å²) in [6.45, 7) is 0. The molecular weight excluding hydrogens is 703 g/mol. The topological polar surface area (TPSA) is 25.8 Å². The van der Waals surface area contributed by atoms with Gasteiger partial charge in [0.1, 0.15) is 0 Å². The Hall–Kier alpha value is -7.30. The maximum atomic E-state index is 15.3. The number of hydrogen-bond donors (Lipinski definition) is 0. The molecule has 1 aliphatic rings. The average molecular weight is 735 g/mol. The number of pyridine rings is 2. The van der Waals surface area contributed by atoms with E-state index in [0.717, 1.165) is 88.2 Å². The Morgan fingerprint density at radius 2 is 0.947 bits per heavy atom. The second kappa shape index (κ2) is 12.9. The van der Waals surface area contributed by atoms with E-state index in [-0.39, 0.29) is 5.56 Å². The number of halogens is 2. The summed E-state index contributed by atoms with van der Waals surface area (Å²) < 4.78 is 29.2. The number of rotatable bonds is 5. The molecule has 2 heterocycles. The summed E-state index contributed by atoms with van der Waals surface area (Å²) in [7, 11) is 0. The normalized spacial score (nSPS) is 12.9. The molecule has 0 radical (unpaired) electrons. The highest BCUT2D eigenvalue weighted by atomic mass is 19.1. The first-order valence-electron chi connectivity index (χ1n) is 19.1. The van der Waals surface area contributed by atoms with Crippen molar-refractivity contribution in [3.63, 3.8) is 0 Å². The van der Waals surface area contributed by atoms with Crippen molar-refractivity contribution in [1.29, 1.82) is 0 Å². The minimum absolute atomic E-state index is 0.257. The van der Waals surface area contributed by atoms with Crippen LogP contribution in [-0.4, -0.2) is 9.97 Å². The molecule has 11 rings (SSSR count). The van der Waals surface area contributed by atoms with Gasteiger partial charge in [-0.1, -0.05) is 146 Å². The van der Waals surface area contributed by atoms with Gasteiger partial charge in [0, 0.05) is 21.7 Å². The van der Waals surface area contributed by atoms with Gasteiger partial charge in [-0.15, -0.1) is 0 Å². The predicted molar refractivity (Wildman–Crippen MR) is 228 cm³/mol. The van der Waals surface area contributed by atoms with Crippen molar-refractivity contribution in [1.82, 2.24) is 9.97 Å². The molecule has 10 aromatic rings. The van der Waals surface area contributed by atoms with Crippen LogP contribution >= 0.6 is 0 Å². The first-order valence-corrected chi connectivity index (χ1v) is 19.1. The fraction of sp³-hybridized carbons (Fsp3) is 0.0189. The van der Waals surface area contributed by atoms with Crippen molar-refractivity contribution in [3.05, 3.63) is 228 Å². The number of nitrogens with zero attached hydrogens (tertiary/aromatic N) is 2. The highest BCUT2D eigenvalue weighted by Gasteiger charge is 2.46. The molecule has 0 saturated carbocycles. The molecule has 0 unspecified atom stereocenters. The van der Waals surface area contributed by atoms with E-state index >= 15 is 4.39 Å². The van der Waals surface area contributed by atoms with Crippen LogP contribution in [0.3, 0.4) is 0 Å². The van der Waals surface area contributed by atoms with E-state index in [9.17, 15) is 4.39 Å². The highest BCUT2D eigenvalue weighted by molar-refractivity contribution is 6.14. The molecule has 0 fully saturated rings. The van der Waals surface area contributed by atoms with E-state index in [1.165, 1.54) is 12.1 Å². The van der Waals surface area contributed by atoms with Crippen LogP contribution in [0.15, 0.2) is 194 Å². The molecule has 0 aliphatic heterocycles. The Morgan fingerprint density at radius 3 is 1.68 bits per heavy atom. The van der Waals surface area contributed by atoms with E-state index in [0.29, 0.717) is 5.56 Å². The van der Waals surface area contributed by atoms with Gasteiger partial charge >= 0.3 is 0 Å². The largest absolute Gasteiger partial charge is 0.247 e. The van der Waals surface area contributed by atoms with E-state index in [2.05, 4.69) is 163 Å². The molecule has 8 aromatic carbocycles. The number of fused-ring (bicyclic) bond motifs is 7. The zero-order valence-corrected chi connectivity index (χ0v) is 30.6. The van der Waals surface area contributed by atoms with Crippen LogP contribution in [0.1, 0.15) is 22.3 Å². The van der Waals surface area contributed by atoms with Crippen molar-refractivity contribution in [3.8, 4) is 44.5 Å². The van der Waals surface area contributed by atoms with E-state index in [1.54, 1.807) is 0 Å².